The highest BCUT2D eigenvalue weighted by molar-refractivity contribution is 7.91. The molecule has 14 nitrogen and oxygen atoms in total. The van der Waals surface area contributed by atoms with Crippen molar-refractivity contribution >= 4 is 44.6 Å². The van der Waals surface area contributed by atoms with E-state index in [2.05, 4.69) is 10.0 Å². The molecular formula is C41H54FN5O9S. The smallest absolute Gasteiger partial charge is 0.408 e. The number of benzene rings is 1. The minimum absolute atomic E-state index is 0.0346. The van der Waals surface area contributed by atoms with E-state index in [4.69, 9.17) is 14.5 Å². The van der Waals surface area contributed by atoms with Crippen LogP contribution < -0.4 is 19.5 Å². The topological polar surface area (TPSA) is 185 Å². The van der Waals surface area contributed by atoms with Crippen molar-refractivity contribution < 1.29 is 46.6 Å². The molecule has 7 rings (SSSR count). The number of halogens is 1. The van der Waals surface area contributed by atoms with Gasteiger partial charge in [-0.15, -0.1) is 0 Å². The summed E-state index contributed by atoms with van der Waals surface area (Å²) in [5.41, 5.74) is -1.70. The lowest BCUT2D eigenvalue weighted by Gasteiger charge is -2.43. The summed E-state index contributed by atoms with van der Waals surface area (Å²) < 4.78 is 53.3. The number of ether oxygens (including phenoxy) is 2. The quantitative estimate of drug-likeness (QED) is 0.326. The van der Waals surface area contributed by atoms with Gasteiger partial charge in [0, 0.05) is 28.8 Å². The van der Waals surface area contributed by atoms with Gasteiger partial charge in [0.25, 0.3) is 5.91 Å². The second-order valence-corrected chi connectivity index (χ2v) is 19.9. The predicted molar refractivity (Wildman–Crippen MR) is 209 cm³/mol. The third-order valence-corrected chi connectivity index (χ3v) is 14.6. The highest BCUT2D eigenvalue weighted by Gasteiger charge is 2.64. The number of rotatable bonds is 7. The van der Waals surface area contributed by atoms with E-state index in [-0.39, 0.29) is 44.0 Å². The van der Waals surface area contributed by atoms with Gasteiger partial charge >= 0.3 is 6.09 Å². The zero-order chi connectivity index (χ0) is 41.1. The molecule has 1 aromatic carbocycles. The molecule has 7 atom stereocenters. The second kappa shape index (κ2) is 15.0. The van der Waals surface area contributed by atoms with Crippen LogP contribution in [0.4, 0.5) is 9.18 Å². The molecule has 0 radical (unpaired) electrons. The van der Waals surface area contributed by atoms with Crippen LogP contribution in [0.25, 0.3) is 10.8 Å². The standard InChI is InChI=1S/C41H54FN5O9S/c1-24-11-6-7-12-26-21-41(26,37(50)45-57(53,54)40(23-42)16-17-40)44-33(48)31-20-27(22-46(31)36(49)32(25(2)19-24)47(38(51)52)39(3,4)5)56-35-30-14-9-8-13-28(30)29-15-10-18-55-34(29)43-35/h7-9,12-14,24-27,31-32H,6,10-11,15-23H2,1-5H3,(H,44,48)(H,45,50)(H,51,52)/t24-,25-,26-,27-,31+,32+,41-/m1/s1. The fourth-order valence-electron chi connectivity index (χ4n) is 9.01. The van der Waals surface area contributed by atoms with E-state index in [1.54, 1.807) is 26.8 Å². The Morgan fingerprint density at radius 1 is 1.16 bits per heavy atom. The van der Waals surface area contributed by atoms with Gasteiger partial charge in [0.1, 0.15) is 35.1 Å². The molecule has 2 aromatic rings. The minimum atomic E-state index is -4.40. The summed E-state index contributed by atoms with van der Waals surface area (Å²) in [6, 6.07) is 5.23. The van der Waals surface area contributed by atoms with Crippen LogP contribution in [0.3, 0.4) is 0 Å². The van der Waals surface area contributed by atoms with E-state index in [1.807, 2.05) is 44.2 Å². The molecule has 310 valence electrons. The number of alkyl halides is 1. The van der Waals surface area contributed by atoms with Gasteiger partial charge in [-0.3, -0.25) is 24.0 Å². The SMILES string of the molecule is C[C@@H]1CCC=C[C@@H]2C[C@@]2(C(=O)NS(=O)(=O)C2(CF)CC2)NC(=O)[C@@H]2C[C@@H](Oc3nc4c(c5ccccc35)CCCO4)CN2C(=O)[C@@H](N(C(=O)O)C(C)(C)C)[C@H](C)C1. The second-order valence-electron chi connectivity index (χ2n) is 17.8. The maximum Gasteiger partial charge on any atom is 0.408 e. The van der Waals surface area contributed by atoms with E-state index in [9.17, 15) is 32.3 Å². The Morgan fingerprint density at radius 3 is 2.54 bits per heavy atom. The third-order valence-electron chi connectivity index (χ3n) is 12.5. The fraction of sp³-hybridized carbons (Fsp3) is 0.634. The molecule has 3 aliphatic heterocycles. The number of carbonyl (C=O) groups excluding carboxylic acids is 3. The highest BCUT2D eigenvalue weighted by atomic mass is 32.2. The largest absolute Gasteiger partial charge is 0.477 e. The van der Waals surface area contributed by atoms with Crippen LogP contribution >= 0.6 is 0 Å². The molecule has 2 aliphatic carbocycles. The minimum Gasteiger partial charge on any atom is -0.477 e. The maximum atomic E-state index is 15.1. The molecule has 0 unspecified atom stereocenters. The molecule has 57 heavy (non-hydrogen) atoms. The lowest BCUT2D eigenvalue weighted by molar-refractivity contribution is -0.146. The molecule has 1 saturated heterocycles. The maximum absolute atomic E-state index is 15.1. The van der Waals surface area contributed by atoms with E-state index in [0.717, 1.165) is 29.2 Å². The summed E-state index contributed by atoms with van der Waals surface area (Å²) in [5.74, 6) is -2.48. The van der Waals surface area contributed by atoms with Gasteiger partial charge < -0.3 is 24.8 Å². The van der Waals surface area contributed by atoms with E-state index < -0.39 is 86.4 Å². The lowest BCUT2D eigenvalue weighted by atomic mass is 9.85. The molecule has 1 aromatic heterocycles. The summed E-state index contributed by atoms with van der Waals surface area (Å²) >= 11 is 0. The van der Waals surface area contributed by atoms with Crippen LogP contribution in [0.2, 0.25) is 0 Å². The summed E-state index contributed by atoms with van der Waals surface area (Å²) in [7, 11) is -4.40. The van der Waals surface area contributed by atoms with Crippen LogP contribution in [-0.2, 0) is 30.8 Å². The Morgan fingerprint density at radius 2 is 1.88 bits per heavy atom. The van der Waals surface area contributed by atoms with Gasteiger partial charge in [-0.25, -0.2) is 17.6 Å². The molecular weight excluding hydrogens is 758 g/mol. The van der Waals surface area contributed by atoms with Crippen LogP contribution in [0.1, 0.15) is 91.5 Å². The summed E-state index contributed by atoms with van der Waals surface area (Å²) in [6.07, 6.45) is 5.29. The Kier molecular flexibility index (Phi) is 10.7. The summed E-state index contributed by atoms with van der Waals surface area (Å²) in [5, 5.41) is 15.1. The number of pyridine rings is 1. The number of aromatic nitrogens is 1. The van der Waals surface area contributed by atoms with E-state index >= 15 is 4.79 Å². The highest BCUT2D eigenvalue weighted by Crippen LogP contribution is 2.48. The van der Waals surface area contributed by atoms with Gasteiger partial charge in [-0.1, -0.05) is 44.2 Å². The molecule has 0 bridgehead atoms. The van der Waals surface area contributed by atoms with Crippen molar-refractivity contribution in [3.05, 3.63) is 42.0 Å². The number of carboxylic acid groups (broad SMARTS) is 1. The Hall–Kier alpha value is -4.47. The Labute approximate surface area is 333 Å². The normalized spacial score (nSPS) is 30.0. The number of aryl methyl sites for hydroxylation is 1. The van der Waals surface area contributed by atoms with Crippen LogP contribution in [0, 0.1) is 17.8 Å². The molecule has 3 N–H and O–H groups in total. The molecule has 3 fully saturated rings. The predicted octanol–water partition coefficient (Wildman–Crippen LogP) is 4.89. The number of carbonyl (C=O) groups is 4. The van der Waals surface area contributed by atoms with Crippen molar-refractivity contribution in [1.82, 2.24) is 24.8 Å². The van der Waals surface area contributed by atoms with Gasteiger partial charge in [-0.2, -0.15) is 4.98 Å². The van der Waals surface area contributed by atoms with Crippen molar-refractivity contribution in [2.75, 3.05) is 19.8 Å². The first kappa shape index (κ1) is 40.7. The zero-order valence-electron chi connectivity index (χ0n) is 33.3. The van der Waals surface area contributed by atoms with Gasteiger partial charge in [0.05, 0.1) is 13.2 Å². The van der Waals surface area contributed by atoms with Gasteiger partial charge in [0.2, 0.25) is 33.6 Å². The van der Waals surface area contributed by atoms with Crippen LogP contribution in [0.5, 0.6) is 11.8 Å². The first-order chi connectivity index (χ1) is 26.9. The number of nitrogens with one attached hydrogen (secondary N) is 2. The van der Waals surface area contributed by atoms with Gasteiger partial charge in [0.15, 0.2) is 0 Å². The summed E-state index contributed by atoms with van der Waals surface area (Å²) in [6.45, 7) is 8.32. The monoisotopic (exact) mass is 811 g/mol. The van der Waals surface area contributed by atoms with Crippen molar-refractivity contribution in [3.63, 3.8) is 0 Å². The average Bonchev–Trinajstić information content (AvgIpc) is 4.06. The van der Waals surface area contributed by atoms with Crippen molar-refractivity contribution in [1.29, 1.82) is 0 Å². The van der Waals surface area contributed by atoms with E-state index in [0.29, 0.717) is 31.7 Å². The van der Waals surface area contributed by atoms with Crippen molar-refractivity contribution in [2.45, 2.75) is 126 Å². The van der Waals surface area contributed by atoms with E-state index in [1.165, 1.54) is 9.80 Å². The Balaban J connectivity index is 1.27. The lowest BCUT2D eigenvalue weighted by Crippen LogP contribution is -2.62. The van der Waals surface area contributed by atoms with Crippen LogP contribution in [0.15, 0.2) is 36.4 Å². The number of nitrogens with zero attached hydrogens (tertiary/aromatic N) is 3. The molecule has 2 saturated carbocycles. The number of allylic oxidation sites excluding steroid dienone is 1. The number of sulfonamides is 1. The summed E-state index contributed by atoms with van der Waals surface area (Å²) in [4.78, 5) is 64.0. The molecule has 16 heteroatoms. The third kappa shape index (κ3) is 7.65. The Bertz CT molecular complexity index is 2090. The fourth-order valence-corrected chi connectivity index (χ4v) is 10.4. The first-order valence-electron chi connectivity index (χ1n) is 20.1. The zero-order valence-corrected chi connectivity index (χ0v) is 34.1. The van der Waals surface area contributed by atoms with Crippen molar-refractivity contribution in [3.8, 4) is 11.8 Å². The molecule has 5 aliphatic rings. The van der Waals surface area contributed by atoms with Gasteiger partial charge in [-0.05, 0) is 95.4 Å². The number of hydrogen-bond donors (Lipinski definition) is 3. The number of amides is 4. The van der Waals surface area contributed by atoms with Crippen LogP contribution in [-0.4, -0.2) is 106 Å². The number of hydrogen-bond acceptors (Lipinski definition) is 9. The first-order valence-corrected chi connectivity index (χ1v) is 21.5. The van der Waals surface area contributed by atoms with Crippen molar-refractivity contribution in [2.24, 2.45) is 17.8 Å². The molecule has 0 spiro atoms. The molecule has 4 heterocycles. The molecule has 4 amide bonds. The average molecular weight is 812 g/mol. The number of fused-ring (bicyclic) bond motifs is 5.